The fourth-order valence-corrected chi connectivity index (χ4v) is 4.16. The SMILES string of the molecule is CC(C)n1c([C@@H](C)O)nc2c(F)cc(-c3nc(N[C@@H]4CCNC[C@H]4O)ncc3Cl)cc21. The molecule has 3 atom stereocenters. The van der Waals surface area contributed by atoms with E-state index in [1.807, 2.05) is 18.4 Å². The minimum atomic E-state index is -0.840. The number of rotatable bonds is 5. The summed E-state index contributed by atoms with van der Waals surface area (Å²) < 4.78 is 16.8. The first-order valence-electron chi connectivity index (χ1n) is 10.3. The molecular formula is C21H26ClFN6O2. The van der Waals surface area contributed by atoms with Gasteiger partial charge >= 0.3 is 0 Å². The second-order valence-corrected chi connectivity index (χ2v) is 8.54. The molecular weight excluding hydrogens is 423 g/mol. The number of halogens is 2. The predicted molar refractivity (Wildman–Crippen MR) is 118 cm³/mol. The van der Waals surface area contributed by atoms with E-state index in [2.05, 4.69) is 25.6 Å². The summed E-state index contributed by atoms with van der Waals surface area (Å²) in [6, 6.07) is 2.88. The van der Waals surface area contributed by atoms with Gasteiger partial charge in [-0.1, -0.05) is 11.6 Å². The van der Waals surface area contributed by atoms with Crippen molar-refractivity contribution in [3.63, 3.8) is 0 Å². The minimum Gasteiger partial charge on any atom is -0.390 e. The van der Waals surface area contributed by atoms with Crippen molar-refractivity contribution in [2.75, 3.05) is 18.4 Å². The second-order valence-electron chi connectivity index (χ2n) is 8.14. The molecule has 3 heterocycles. The average Bonchev–Trinajstić information content (AvgIpc) is 3.12. The molecule has 0 amide bonds. The van der Waals surface area contributed by atoms with Crippen LogP contribution in [0.4, 0.5) is 10.3 Å². The highest BCUT2D eigenvalue weighted by atomic mass is 35.5. The lowest BCUT2D eigenvalue weighted by molar-refractivity contribution is 0.128. The molecule has 10 heteroatoms. The highest BCUT2D eigenvalue weighted by Crippen LogP contribution is 2.33. The number of fused-ring (bicyclic) bond motifs is 1. The number of β-amino-alcohol motifs (C(OH)–C–C–N with tert-alkyl or cyclic N) is 1. The molecule has 2 aromatic heterocycles. The Morgan fingerprint density at radius 3 is 2.74 bits per heavy atom. The molecule has 1 fully saturated rings. The Hall–Kier alpha value is -2.33. The molecule has 166 valence electrons. The molecule has 8 nitrogen and oxygen atoms in total. The van der Waals surface area contributed by atoms with Crippen LogP contribution in [0.5, 0.6) is 0 Å². The van der Waals surface area contributed by atoms with Crippen molar-refractivity contribution in [3.05, 3.63) is 35.0 Å². The van der Waals surface area contributed by atoms with Crippen molar-refractivity contribution in [2.24, 2.45) is 0 Å². The lowest BCUT2D eigenvalue weighted by Gasteiger charge is -2.29. The topological polar surface area (TPSA) is 108 Å². The maximum absolute atomic E-state index is 15.0. The molecule has 1 aliphatic rings. The summed E-state index contributed by atoms with van der Waals surface area (Å²) in [5.41, 5.74) is 1.59. The lowest BCUT2D eigenvalue weighted by atomic mass is 10.0. The highest BCUT2D eigenvalue weighted by molar-refractivity contribution is 6.33. The fraction of sp³-hybridized carbons (Fsp3) is 0.476. The van der Waals surface area contributed by atoms with E-state index >= 15 is 4.39 Å². The van der Waals surface area contributed by atoms with Crippen LogP contribution in [-0.4, -0.2) is 55.0 Å². The number of aromatic nitrogens is 4. The van der Waals surface area contributed by atoms with E-state index in [-0.39, 0.29) is 22.6 Å². The van der Waals surface area contributed by atoms with Gasteiger partial charge in [0.05, 0.1) is 34.6 Å². The first-order chi connectivity index (χ1) is 14.8. The fourth-order valence-electron chi connectivity index (χ4n) is 3.96. The molecule has 31 heavy (non-hydrogen) atoms. The minimum absolute atomic E-state index is 0.0382. The van der Waals surface area contributed by atoms with E-state index in [0.717, 1.165) is 13.0 Å². The standard InChI is InChI=1S/C21H26ClFN6O2/c1-10(2)29-16-7-12(6-14(23)19(16)27-20(29)11(3)30)18-13(22)8-25-21(28-18)26-15-4-5-24-9-17(15)31/h6-8,10-11,15,17,24,30-31H,4-5,9H2,1-3H3,(H,25,26,28)/t11-,15-,17-/m1/s1. The zero-order valence-corrected chi connectivity index (χ0v) is 18.4. The molecule has 1 aromatic carbocycles. The van der Waals surface area contributed by atoms with Crippen molar-refractivity contribution in [2.45, 2.75) is 51.5 Å². The molecule has 3 aromatic rings. The third kappa shape index (κ3) is 4.23. The van der Waals surface area contributed by atoms with Gasteiger partial charge in [0, 0.05) is 18.2 Å². The molecule has 0 unspecified atom stereocenters. The Morgan fingerprint density at radius 2 is 2.06 bits per heavy atom. The van der Waals surface area contributed by atoms with Gasteiger partial charge in [-0.15, -0.1) is 0 Å². The number of piperidine rings is 1. The van der Waals surface area contributed by atoms with Crippen LogP contribution in [0.15, 0.2) is 18.3 Å². The maximum atomic E-state index is 15.0. The Labute approximate surface area is 184 Å². The molecule has 0 spiro atoms. The maximum Gasteiger partial charge on any atom is 0.223 e. The Morgan fingerprint density at radius 1 is 1.29 bits per heavy atom. The van der Waals surface area contributed by atoms with Crippen molar-refractivity contribution >= 4 is 28.6 Å². The van der Waals surface area contributed by atoms with Gasteiger partial charge in [-0.2, -0.15) is 0 Å². The number of hydrogen-bond donors (Lipinski definition) is 4. The van der Waals surface area contributed by atoms with Gasteiger partial charge in [-0.3, -0.25) is 0 Å². The van der Waals surface area contributed by atoms with Gasteiger partial charge in [-0.25, -0.2) is 19.3 Å². The van der Waals surface area contributed by atoms with E-state index in [1.54, 1.807) is 13.0 Å². The van der Waals surface area contributed by atoms with Gasteiger partial charge in [0.2, 0.25) is 5.95 Å². The predicted octanol–water partition coefficient (Wildman–Crippen LogP) is 3.05. The molecule has 0 radical (unpaired) electrons. The summed E-state index contributed by atoms with van der Waals surface area (Å²) in [4.78, 5) is 13.0. The van der Waals surface area contributed by atoms with E-state index < -0.39 is 18.0 Å². The lowest BCUT2D eigenvalue weighted by Crippen LogP contribution is -2.47. The van der Waals surface area contributed by atoms with Crippen LogP contribution < -0.4 is 10.6 Å². The van der Waals surface area contributed by atoms with Crippen molar-refractivity contribution < 1.29 is 14.6 Å². The van der Waals surface area contributed by atoms with Gasteiger partial charge in [0.25, 0.3) is 0 Å². The normalized spacial score (nSPS) is 20.4. The third-order valence-electron chi connectivity index (χ3n) is 5.45. The number of benzene rings is 1. The number of hydrogen-bond acceptors (Lipinski definition) is 7. The van der Waals surface area contributed by atoms with Crippen LogP contribution in [0.1, 0.15) is 45.2 Å². The number of aliphatic hydroxyl groups excluding tert-OH is 2. The van der Waals surface area contributed by atoms with E-state index in [1.165, 1.54) is 12.3 Å². The summed E-state index contributed by atoms with van der Waals surface area (Å²) in [6.45, 7) is 6.77. The van der Waals surface area contributed by atoms with Crippen LogP contribution >= 0.6 is 11.6 Å². The number of imidazole rings is 1. The Bertz CT molecular complexity index is 1100. The van der Waals surface area contributed by atoms with Crippen LogP contribution in [0.2, 0.25) is 5.02 Å². The third-order valence-corrected chi connectivity index (χ3v) is 5.72. The molecule has 0 saturated carbocycles. The molecule has 0 bridgehead atoms. The molecule has 0 aliphatic carbocycles. The molecule has 4 rings (SSSR count). The van der Waals surface area contributed by atoms with Gasteiger partial charge in [0.1, 0.15) is 17.4 Å². The average molecular weight is 449 g/mol. The molecule has 4 N–H and O–H groups in total. The summed E-state index contributed by atoms with van der Waals surface area (Å²) in [5, 5.41) is 26.8. The van der Waals surface area contributed by atoms with Crippen molar-refractivity contribution in [1.29, 1.82) is 0 Å². The van der Waals surface area contributed by atoms with Crippen LogP contribution in [0.25, 0.3) is 22.3 Å². The van der Waals surface area contributed by atoms with E-state index in [4.69, 9.17) is 11.6 Å². The Balaban J connectivity index is 1.78. The first kappa shape index (κ1) is 21.9. The summed E-state index contributed by atoms with van der Waals surface area (Å²) >= 11 is 6.37. The zero-order valence-electron chi connectivity index (χ0n) is 17.6. The number of nitrogens with zero attached hydrogens (tertiary/aromatic N) is 4. The Kier molecular flexibility index (Phi) is 6.11. The monoisotopic (exact) mass is 448 g/mol. The summed E-state index contributed by atoms with van der Waals surface area (Å²) in [5.74, 6) is 0.191. The smallest absolute Gasteiger partial charge is 0.223 e. The van der Waals surface area contributed by atoms with Crippen LogP contribution in [0, 0.1) is 5.82 Å². The van der Waals surface area contributed by atoms with Gasteiger partial charge in [-0.05, 0) is 45.9 Å². The number of nitrogens with one attached hydrogen (secondary N) is 2. The second kappa shape index (κ2) is 8.66. The van der Waals surface area contributed by atoms with E-state index in [9.17, 15) is 10.2 Å². The quantitative estimate of drug-likeness (QED) is 0.475. The summed E-state index contributed by atoms with van der Waals surface area (Å²) in [7, 11) is 0. The zero-order chi connectivity index (χ0) is 22.3. The first-order valence-corrected chi connectivity index (χ1v) is 10.7. The van der Waals surface area contributed by atoms with Crippen molar-refractivity contribution in [1.82, 2.24) is 24.8 Å². The summed E-state index contributed by atoms with van der Waals surface area (Å²) in [6.07, 6.45) is 0.777. The largest absolute Gasteiger partial charge is 0.390 e. The highest BCUT2D eigenvalue weighted by Gasteiger charge is 2.24. The van der Waals surface area contributed by atoms with Crippen molar-refractivity contribution in [3.8, 4) is 11.3 Å². The van der Waals surface area contributed by atoms with Gasteiger partial charge in [0.15, 0.2) is 5.82 Å². The van der Waals surface area contributed by atoms with E-state index in [0.29, 0.717) is 35.1 Å². The van der Waals surface area contributed by atoms with Crippen LogP contribution in [-0.2, 0) is 0 Å². The molecule has 1 saturated heterocycles. The number of aliphatic hydroxyl groups is 2. The van der Waals surface area contributed by atoms with Gasteiger partial charge < -0.3 is 25.4 Å². The number of anilines is 1. The molecule has 1 aliphatic heterocycles. The van der Waals surface area contributed by atoms with Crippen LogP contribution in [0.3, 0.4) is 0 Å².